The highest BCUT2D eigenvalue weighted by Gasteiger charge is 2.38. The van der Waals surface area contributed by atoms with Gasteiger partial charge in [0.05, 0.1) is 5.92 Å². The molecule has 28 heavy (non-hydrogen) atoms. The van der Waals surface area contributed by atoms with Crippen molar-refractivity contribution >= 4 is 5.78 Å². The molecule has 2 aromatic rings. The van der Waals surface area contributed by atoms with Crippen molar-refractivity contribution in [2.24, 2.45) is 5.73 Å². The third-order valence-electron chi connectivity index (χ3n) is 5.04. The van der Waals surface area contributed by atoms with E-state index in [0.29, 0.717) is 36.5 Å². The Labute approximate surface area is 163 Å². The van der Waals surface area contributed by atoms with Crippen molar-refractivity contribution in [3.05, 3.63) is 88.5 Å². The van der Waals surface area contributed by atoms with Crippen molar-refractivity contribution in [2.45, 2.75) is 31.8 Å². The van der Waals surface area contributed by atoms with E-state index in [9.17, 15) is 10.1 Å². The lowest BCUT2D eigenvalue weighted by molar-refractivity contribution is -0.116. The number of rotatable bonds is 4. The minimum absolute atomic E-state index is 0.0158. The molecule has 0 amide bonds. The molecule has 2 aliphatic rings. The van der Waals surface area contributed by atoms with Gasteiger partial charge < -0.3 is 15.2 Å². The largest absolute Gasteiger partial charge is 0.489 e. The maximum absolute atomic E-state index is 12.6. The van der Waals surface area contributed by atoms with E-state index in [1.54, 1.807) is 0 Å². The molecule has 2 N–H and O–H groups in total. The molecule has 1 heterocycles. The third kappa shape index (κ3) is 3.37. The Hall–Kier alpha value is -3.52. The topological polar surface area (TPSA) is 85.3 Å². The van der Waals surface area contributed by atoms with Gasteiger partial charge in [0.2, 0.25) is 5.88 Å². The maximum Gasteiger partial charge on any atom is 0.205 e. The van der Waals surface area contributed by atoms with Gasteiger partial charge in [-0.15, -0.1) is 0 Å². The standard InChI is InChI=1S/C23H20N2O3/c24-13-18-21(22-19(26)10-5-11-20(22)28-23(18)25)16-8-4-9-17(12-16)27-14-15-6-2-1-3-7-15/h1-4,6-9,12,21H,5,10-11,14,25H2. The first-order valence-electron chi connectivity index (χ1n) is 9.28. The zero-order valence-corrected chi connectivity index (χ0v) is 15.4. The molecular formula is C23H20N2O3. The molecule has 0 fully saturated rings. The Morgan fingerprint density at radius 2 is 1.96 bits per heavy atom. The van der Waals surface area contributed by atoms with Gasteiger partial charge in [0.15, 0.2) is 5.78 Å². The summed E-state index contributed by atoms with van der Waals surface area (Å²) in [4.78, 5) is 12.6. The molecule has 1 aliphatic heterocycles. The molecule has 2 aromatic carbocycles. The molecule has 1 aliphatic carbocycles. The van der Waals surface area contributed by atoms with Gasteiger partial charge in [0.1, 0.15) is 29.8 Å². The molecule has 4 rings (SSSR count). The molecule has 5 nitrogen and oxygen atoms in total. The highest BCUT2D eigenvalue weighted by atomic mass is 16.5. The van der Waals surface area contributed by atoms with Crippen LogP contribution in [0.4, 0.5) is 0 Å². The average molecular weight is 372 g/mol. The molecule has 140 valence electrons. The summed E-state index contributed by atoms with van der Waals surface area (Å²) in [6.07, 6.45) is 1.85. The highest BCUT2D eigenvalue weighted by molar-refractivity contribution is 5.99. The van der Waals surface area contributed by atoms with Gasteiger partial charge in [-0.3, -0.25) is 4.79 Å². The van der Waals surface area contributed by atoms with Crippen molar-refractivity contribution in [3.8, 4) is 11.8 Å². The van der Waals surface area contributed by atoms with E-state index >= 15 is 0 Å². The van der Waals surface area contributed by atoms with Gasteiger partial charge in [0.25, 0.3) is 0 Å². The predicted molar refractivity (Wildman–Crippen MR) is 104 cm³/mol. The van der Waals surface area contributed by atoms with Gasteiger partial charge in [-0.05, 0) is 29.7 Å². The van der Waals surface area contributed by atoms with Gasteiger partial charge >= 0.3 is 0 Å². The number of nitrogens with zero attached hydrogens (tertiary/aromatic N) is 1. The van der Waals surface area contributed by atoms with E-state index in [1.807, 2.05) is 54.6 Å². The number of benzene rings is 2. The summed E-state index contributed by atoms with van der Waals surface area (Å²) in [7, 11) is 0. The fourth-order valence-corrected chi connectivity index (χ4v) is 3.71. The number of carbonyl (C=O) groups is 1. The lowest BCUT2D eigenvalue weighted by Crippen LogP contribution is -2.27. The Kier molecular flexibility index (Phi) is 4.86. The highest BCUT2D eigenvalue weighted by Crippen LogP contribution is 2.43. The summed E-state index contributed by atoms with van der Waals surface area (Å²) in [5, 5.41) is 9.66. The van der Waals surface area contributed by atoms with Crippen molar-refractivity contribution in [1.29, 1.82) is 5.26 Å². The molecule has 0 aromatic heterocycles. The minimum atomic E-state index is -0.512. The predicted octanol–water partition coefficient (Wildman–Crippen LogP) is 4.08. The summed E-state index contributed by atoms with van der Waals surface area (Å²) < 4.78 is 11.5. The SMILES string of the molecule is N#CC1=C(N)OC2=C(C(=O)CCC2)C1c1cccc(OCc2ccccc2)c1. The minimum Gasteiger partial charge on any atom is -0.489 e. The van der Waals surface area contributed by atoms with Gasteiger partial charge in [-0.25, -0.2) is 0 Å². The van der Waals surface area contributed by atoms with Gasteiger partial charge in [-0.1, -0.05) is 42.5 Å². The van der Waals surface area contributed by atoms with Crippen LogP contribution < -0.4 is 10.5 Å². The summed E-state index contributed by atoms with van der Waals surface area (Å²) in [6.45, 7) is 0.439. The Morgan fingerprint density at radius 1 is 1.14 bits per heavy atom. The second-order valence-electron chi connectivity index (χ2n) is 6.89. The number of nitriles is 1. The number of allylic oxidation sites excluding steroid dienone is 3. The first-order valence-corrected chi connectivity index (χ1v) is 9.28. The van der Waals surface area contributed by atoms with Crippen LogP contribution >= 0.6 is 0 Å². The smallest absolute Gasteiger partial charge is 0.205 e. The molecule has 0 saturated carbocycles. The third-order valence-corrected chi connectivity index (χ3v) is 5.04. The summed E-state index contributed by atoms with van der Waals surface area (Å²) >= 11 is 0. The second kappa shape index (κ2) is 7.61. The number of nitrogens with two attached hydrogens (primary N) is 1. The lowest BCUT2D eigenvalue weighted by Gasteiger charge is -2.31. The normalized spacial score (nSPS) is 19.0. The lowest BCUT2D eigenvalue weighted by atomic mass is 9.77. The van der Waals surface area contributed by atoms with Crippen molar-refractivity contribution in [2.75, 3.05) is 0 Å². The average Bonchev–Trinajstić information content (AvgIpc) is 2.72. The second-order valence-corrected chi connectivity index (χ2v) is 6.89. The van der Waals surface area contributed by atoms with Crippen LogP contribution in [-0.2, 0) is 16.1 Å². The Balaban J connectivity index is 1.68. The summed E-state index contributed by atoms with van der Waals surface area (Å²) in [5.74, 6) is 0.850. The first kappa shape index (κ1) is 17.9. The number of carbonyl (C=O) groups excluding carboxylic acids is 1. The van der Waals surface area contributed by atoms with Crippen molar-refractivity contribution in [3.63, 3.8) is 0 Å². The van der Waals surface area contributed by atoms with Crippen LogP contribution in [0.25, 0.3) is 0 Å². The Bertz CT molecular complexity index is 1020. The number of hydrogen-bond donors (Lipinski definition) is 1. The number of ketones is 1. The number of ether oxygens (including phenoxy) is 2. The molecule has 1 unspecified atom stereocenters. The van der Waals surface area contributed by atoms with E-state index < -0.39 is 5.92 Å². The first-order chi connectivity index (χ1) is 13.7. The van der Waals surface area contributed by atoms with Crippen LogP contribution in [0.2, 0.25) is 0 Å². The Morgan fingerprint density at radius 3 is 2.75 bits per heavy atom. The van der Waals surface area contributed by atoms with Crippen LogP contribution in [0.3, 0.4) is 0 Å². The molecule has 1 atom stereocenters. The van der Waals surface area contributed by atoms with E-state index in [0.717, 1.165) is 17.5 Å². The monoisotopic (exact) mass is 372 g/mol. The van der Waals surface area contributed by atoms with Crippen LogP contribution in [-0.4, -0.2) is 5.78 Å². The quantitative estimate of drug-likeness (QED) is 0.874. The van der Waals surface area contributed by atoms with Crippen LogP contribution in [0, 0.1) is 11.3 Å². The van der Waals surface area contributed by atoms with Crippen molar-refractivity contribution < 1.29 is 14.3 Å². The van der Waals surface area contributed by atoms with E-state index in [-0.39, 0.29) is 17.2 Å². The molecular weight excluding hydrogens is 352 g/mol. The van der Waals surface area contributed by atoms with E-state index in [4.69, 9.17) is 15.2 Å². The number of Topliss-reactive ketones (excluding diaryl/α,β-unsaturated/α-hetero) is 1. The maximum atomic E-state index is 12.6. The van der Waals surface area contributed by atoms with Crippen LogP contribution in [0.15, 0.2) is 77.4 Å². The fourth-order valence-electron chi connectivity index (χ4n) is 3.71. The summed E-state index contributed by atoms with van der Waals surface area (Å²) in [5.41, 5.74) is 8.69. The molecule has 0 spiro atoms. The molecule has 0 saturated heterocycles. The zero-order valence-electron chi connectivity index (χ0n) is 15.4. The van der Waals surface area contributed by atoms with Gasteiger partial charge in [-0.2, -0.15) is 5.26 Å². The molecule has 0 radical (unpaired) electrons. The molecule has 5 heteroatoms. The van der Waals surface area contributed by atoms with E-state index in [2.05, 4.69) is 6.07 Å². The van der Waals surface area contributed by atoms with Crippen LogP contribution in [0.5, 0.6) is 5.75 Å². The van der Waals surface area contributed by atoms with Crippen molar-refractivity contribution in [1.82, 2.24) is 0 Å². The fraction of sp³-hybridized carbons (Fsp3) is 0.217. The molecule has 0 bridgehead atoms. The van der Waals surface area contributed by atoms with Crippen LogP contribution in [0.1, 0.15) is 36.3 Å². The van der Waals surface area contributed by atoms with Gasteiger partial charge in [0, 0.05) is 18.4 Å². The van der Waals surface area contributed by atoms with E-state index in [1.165, 1.54) is 0 Å². The zero-order chi connectivity index (χ0) is 19.5. The number of hydrogen-bond acceptors (Lipinski definition) is 5. The summed E-state index contributed by atoms with van der Waals surface area (Å²) in [6, 6.07) is 19.5.